The van der Waals surface area contributed by atoms with E-state index in [2.05, 4.69) is 10.8 Å². The molecule has 2 aliphatic carbocycles. The van der Waals surface area contributed by atoms with Crippen molar-refractivity contribution < 1.29 is 4.92 Å². The second-order valence-corrected chi connectivity index (χ2v) is 6.40. The molecule has 1 heterocycles. The quantitative estimate of drug-likeness (QED) is 0.625. The van der Waals surface area contributed by atoms with Gasteiger partial charge in [-0.05, 0) is 49.1 Å². The van der Waals surface area contributed by atoms with Crippen LogP contribution in [0.15, 0.2) is 30.5 Å². The number of rotatable bonds is 3. The highest BCUT2D eigenvalue weighted by molar-refractivity contribution is 5.82. The summed E-state index contributed by atoms with van der Waals surface area (Å²) in [5.74, 6) is 2.68. The van der Waals surface area contributed by atoms with E-state index in [1.807, 2.05) is 12.1 Å². The molecule has 0 amide bonds. The van der Waals surface area contributed by atoms with Crippen LogP contribution >= 0.6 is 0 Å². The maximum Gasteiger partial charge on any atom is 0.270 e. The number of hydrogen-bond donors (Lipinski definition) is 0. The van der Waals surface area contributed by atoms with Crippen LogP contribution in [-0.2, 0) is 6.54 Å². The summed E-state index contributed by atoms with van der Waals surface area (Å²) in [4.78, 5) is 10.5. The number of non-ortho nitro benzene ring substituents is 1. The molecule has 2 bridgehead atoms. The van der Waals surface area contributed by atoms with Gasteiger partial charge < -0.3 is 4.57 Å². The topological polar surface area (TPSA) is 48.1 Å². The number of nitro groups is 1. The summed E-state index contributed by atoms with van der Waals surface area (Å²) in [6.07, 6.45) is 7.72. The Morgan fingerprint density at radius 3 is 2.85 bits per heavy atom. The van der Waals surface area contributed by atoms with Gasteiger partial charge in [0.25, 0.3) is 5.69 Å². The van der Waals surface area contributed by atoms with Crippen LogP contribution in [-0.4, -0.2) is 9.49 Å². The van der Waals surface area contributed by atoms with Crippen molar-refractivity contribution in [1.82, 2.24) is 4.57 Å². The van der Waals surface area contributed by atoms with E-state index in [-0.39, 0.29) is 10.6 Å². The van der Waals surface area contributed by atoms with Gasteiger partial charge in [0.2, 0.25) is 0 Å². The number of hydrogen-bond acceptors (Lipinski definition) is 2. The molecule has 104 valence electrons. The van der Waals surface area contributed by atoms with Crippen LogP contribution in [0, 0.1) is 27.9 Å². The van der Waals surface area contributed by atoms with E-state index in [4.69, 9.17) is 0 Å². The molecule has 0 radical (unpaired) electrons. The smallest absolute Gasteiger partial charge is 0.270 e. The molecular weight excluding hydrogens is 252 g/mol. The van der Waals surface area contributed by atoms with Crippen LogP contribution in [0.25, 0.3) is 10.9 Å². The Morgan fingerprint density at radius 1 is 1.25 bits per heavy atom. The van der Waals surface area contributed by atoms with E-state index in [0.717, 1.165) is 35.2 Å². The Labute approximate surface area is 117 Å². The van der Waals surface area contributed by atoms with Gasteiger partial charge in [0.15, 0.2) is 0 Å². The molecule has 3 unspecified atom stereocenters. The van der Waals surface area contributed by atoms with Crippen molar-refractivity contribution in [3.05, 3.63) is 40.6 Å². The standard InChI is InChI=1S/C16H18N2O2/c19-18(20)15-3-4-16-13(9-15)5-6-17(16)10-14-8-11-1-2-12(14)7-11/h3-6,9,11-12,14H,1-2,7-8,10H2. The van der Waals surface area contributed by atoms with Gasteiger partial charge in [-0.15, -0.1) is 0 Å². The minimum absolute atomic E-state index is 0.176. The summed E-state index contributed by atoms with van der Waals surface area (Å²) in [5, 5.41) is 11.8. The fourth-order valence-electron chi connectivity index (χ4n) is 4.31. The molecular formula is C16H18N2O2. The first-order valence-corrected chi connectivity index (χ1v) is 7.44. The van der Waals surface area contributed by atoms with Gasteiger partial charge in [-0.1, -0.05) is 6.42 Å². The van der Waals surface area contributed by atoms with Crippen molar-refractivity contribution in [1.29, 1.82) is 0 Å². The lowest BCUT2D eigenvalue weighted by Crippen LogP contribution is -2.16. The summed E-state index contributed by atoms with van der Waals surface area (Å²) in [5.41, 5.74) is 1.30. The molecule has 4 rings (SSSR count). The molecule has 20 heavy (non-hydrogen) atoms. The fourth-order valence-corrected chi connectivity index (χ4v) is 4.31. The van der Waals surface area contributed by atoms with Crippen molar-refractivity contribution in [3.63, 3.8) is 0 Å². The Bertz CT molecular complexity index is 676. The first-order valence-electron chi connectivity index (χ1n) is 7.44. The van der Waals surface area contributed by atoms with E-state index in [9.17, 15) is 10.1 Å². The first kappa shape index (κ1) is 11.9. The summed E-state index contributed by atoms with van der Waals surface area (Å²) >= 11 is 0. The minimum atomic E-state index is -0.327. The zero-order valence-corrected chi connectivity index (χ0v) is 11.4. The van der Waals surface area contributed by atoms with Gasteiger partial charge in [0.1, 0.15) is 0 Å². The monoisotopic (exact) mass is 270 g/mol. The van der Waals surface area contributed by atoms with Crippen LogP contribution in [0.2, 0.25) is 0 Å². The number of fused-ring (bicyclic) bond motifs is 3. The molecule has 0 N–H and O–H groups in total. The molecule has 1 aromatic heterocycles. The average molecular weight is 270 g/mol. The van der Waals surface area contributed by atoms with Gasteiger partial charge in [-0.2, -0.15) is 0 Å². The molecule has 4 nitrogen and oxygen atoms in total. The normalized spacial score (nSPS) is 28.3. The second-order valence-electron chi connectivity index (χ2n) is 6.40. The lowest BCUT2D eigenvalue weighted by molar-refractivity contribution is -0.384. The number of nitro benzene ring substituents is 1. The zero-order chi connectivity index (χ0) is 13.7. The fraction of sp³-hybridized carbons (Fsp3) is 0.500. The molecule has 4 heteroatoms. The molecule has 0 saturated heterocycles. The Balaban J connectivity index is 1.62. The predicted molar refractivity (Wildman–Crippen MR) is 77.5 cm³/mol. The molecule has 3 atom stereocenters. The van der Waals surface area contributed by atoms with Crippen molar-refractivity contribution in [2.75, 3.05) is 0 Å². The van der Waals surface area contributed by atoms with Gasteiger partial charge in [-0.3, -0.25) is 10.1 Å². The Kier molecular flexibility index (Phi) is 2.59. The van der Waals surface area contributed by atoms with E-state index in [0.29, 0.717) is 0 Å². The molecule has 2 saturated carbocycles. The van der Waals surface area contributed by atoms with E-state index >= 15 is 0 Å². The summed E-state index contributed by atoms with van der Waals surface area (Å²) in [6, 6.07) is 7.17. The van der Waals surface area contributed by atoms with Crippen molar-refractivity contribution >= 4 is 16.6 Å². The third kappa shape index (κ3) is 1.82. The second kappa shape index (κ2) is 4.33. The average Bonchev–Trinajstić information content (AvgIpc) is 3.14. The molecule has 2 fully saturated rings. The summed E-state index contributed by atoms with van der Waals surface area (Å²) in [6.45, 7) is 1.07. The number of aromatic nitrogens is 1. The molecule has 1 aromatic carbocycles. The van der Waals surface area contributed by atoms with Crippen molar-refractivity contribution in [2.24, 2.45) is 17.8 Å². The Morgan fingerprint density at radius 2 is 2.15 bits per heavy atom. The molecule has 2 aliphatic rings. The van der Waals surface area contributed by atoms with Gasteiger partial charge in [-0.25, -0.2) is 0 Å². The van der Waals surface area contributed by atoms with Gasteiger partial charge in [0.05, 0.1) is 4.92 Å². The van der Waals surface area contributed by atoms with Gasteiger partial charge >= 0.3 is 0 Å². The van der Waals surface area contributed by atoms with Crippen molar-refractivity contribution in [2.45, 2.75) is 32.2 Å². The highest BCUT2D eigenvalue weighted by atomic mass is 16.6. The lowest BCUT2D eigenvalue weighted by atomic mass is 9.89. The molecule has 0 aliphatic heterocycles. The number of benzene rings is 1. The highest BCUT2D eigenvalue weighted by Gasteiger charge is 2.39. The zero-order valence-electron chi connectivity index (χ0n) is 11.4. The lowest BCUT2D eigenvalue weighted by Gasteiger charge is -2.22. The van der Waals surface area contributed by atoms with Crippen molar-refractivity contribution in [3.8, 4) is 0 Å². The van der Waals surface area contributed by atoms with Gasteiger partial charge in [0, 0.05) is 35.8 Å². The minimum Gasteiger partial charge on any atom is -0.347 e. The molecule has 0 spiro atoms. The maximum atomic E-state index is 10.8. The third-order valence-corrected chi connectivity index (χ3v) is 5.28. The van der Waals surface area contributed by atoms with E-state index in [1.165, 1.54) is 25.7 Å². The van der Waals surface area contributed by atoms with Crippen LogP contribution in [0.5, 0.6) is 0 Å². The third-order valence-electron chi connectivity index (χ3n) is 5.28. The first-order chi connectivity index (χ1) is 9.70. The Hall–Kier alpha value is -1.84. The highest BCUT2D eigenvalue weighted by Crippen LogP contribution is 2.49. The molecule has 2 aromatic rings. The van der Waals surface area contributed by atoms with E-state index in [1.54, 1.807) is 12.1 Å². The van der Waals surface area contributed by atoms with Crippen LogP contribution < -0.4 is 0 Å². The van der Waals surface area contributed by atoms with Crippen LogP contribution in [0.3, 0.4) is 0 Å². The summed E-state index contributed by atoms with van der Waals surface area (Å²) < 4.78 is 2.28. The summed E-state index contributed by atoms with van der Waals surface area (Å²) in [7, 11) is 0. The SMILES string of the molecule is O=[N+]([O-])c1ccc2c(ccn2CC2CC3CCC2C3)c1. The van der Waals surface area contributed by atoms with Crippen LogP contribution in [0.1, 0.15) is 25.7 Å². The van der Waals surface area contributed by atoms with Crippen LogP contribution in [0.4, 0.5) is 5.69 Å². The number of nitrogens with zero attached hydrogens (tertiary/aromatic N) is 2. The maximum absolute atomic E-state index is 10.8. The largest absolute Gasteiger partial charge is 0.347 e. The predicted octanol–water partition coefficient (Wildman–Crippen LogP) is 3.99. The van der Waals surface area contributed by atoms with E-state index < -0.39 is 0 Å².